The summed E-state index contributed by atoms with van der Waals surface area (Å²) < 4.78 is 0. The Balaban J connectivity index is 1.40. The summed E-state index contributed by atoms with van der Waals surface area (Å²) in [5, 5.41) is 12.6. The molecule has 8 heteroatoms. The van der Waals surface area contributed by atoms with Crippen molar-refractivity contribution in [3.05, 3.63) is 59.8 Å². The Bertz CT molecular complexity index is 1140. The van der Waals surface area contributed by atoms with Crippen molar-refractivity contribution < 1.29 is 9.90 Å². The number of amides is 1. The van der Waals surface area contributed by atoms with Crippen LogP contribution in [-0.4, -0.2) is 56.7 Å². The summed E-state index contributed by atoms with van der Waals surface area (Å²) >= 11 is 0. The van der Waals surface area contributed by atoms with E-state index in [1.165, 1.54) is 10.5 Å². The number of fused-ring (bicyclic) bond motifs is 1. The SMILES string of the molecule is Cc1cc(N2CCCc3ccc(-c4ccccc4)nc32)nc(NC2CCN(C(=O)O)CC2)n1. The van der Waals surface area contributed by atoms with Crippen molar-refractivity contribution >= 4 is 23.7 Å². The van der Waals surface area contributed by atoms with E-state index in [9.17, 15) is 9.90 Å². The number of aryl methyl sites for hydroxylation is 2. The number of likely N-dealkylation sites (tertiary alicyclic amines) is 1. The van der Waals surface area contributed by atoms with Gasteiger partial charge in [-0.15, -0.1) is 0 Å². The number of hydrogen-bond donors (Lipinski definition) is 2. The van der Waals surface area contributed by atoms with Gasteiger partial charge in [0.1, 0.15) is 11.6 Å². The maximum atomic E-state index is 11.2. The van der Waals surface area contributed by atoms with Gasteiger partial charge in [-0.3, -0.25) is 0 Å². The van der Waals surface area contributed by atoms with Crippen LogP contribution >= 0.6 is 0 Å². The first-order valence-corrected chi connectivity index (χ1v) is 11.5. The summed E-state index contributed by atoms with van der Waals surface area (Å²) in [4.78, 5) is 29.3. The Morgan fingerprint density at radius 3 is 2.58 bits per heavy atom. The minimum Gasteiger partial charge on any atom is -0.465 e. The van der Waals surface area contributed by atoms with E-state index in [2.05, 4.69) is 39.5 Å². The summed E-state index contributed by atoms with van der Waals surface area (Å²) in [6.07, 6.45) is 2.68. The van der Waals surface area contributed by atoms with Crippen LogP contribution < -0.4 is 10.2 Å². The molecule has 0 atom stereocenters. The number of benzene rings is 1. The van der Waals surface area contributed by atoms with Crippen molar-refractivity contribution in [1.82, 2.24) is 19.9 Å². The largest absolute Gasteiger partial charge is 0.465 e. The zero-order chi connectivity index (χ0) is 22.8. The summed E-state index contributed by atoms with van der Waals surface area (Å²) in [5.74, 6) is 2.39. The minimum atomic E-state index is -0.853. The Labute approximate surface area is 193 Å². The monoisotopic (exact) mass is 444 g/mol. The first-order valence-electron chi connectivity index (χ1n) is 11.5. The van der Waals surface area contributed by atoms with Gasteiger partial charge in [-0.1, -0.05) is 36.4 Å². The van der Waals surface area contributed by atoms with E-state index < -0.39 is 6.09 Å². The van der Waals surface area contributed by atoms with Crippen LogP contribution in [0, 0.1) is 6.92 Å². The van der Waals surface area contributed by atoms with Gasteiger partial charge in [-0.05, 0) is 44.2 Å². The molecule has 1 amide bonds. The van der Waals surface area contributed by atoms with Crippen molar-refractivity contribution in [2.75, 3.05) is 29.9 Å². The van der Waals surface area contributed by atoms with Crippen LogP contribution in [0.25, 0.3) is 11.3 Å². The number of carbonyl (C=O) groups is 1. The summed E-state index contributed by atoms with van der Waals surface area (Å²) in [6, 6.07) is 16.7. The van der Waals surface area contributed by atoms with Crippen molar-refractivity contribution in [3.63, 3.8) is 0 Å². The molecule has 2 aliphatic rings. The van der Waals surface area contributed by atoms with E-state index >= 15 is 0 Å². The number of piperidine rings is 1. The normalized spacial score (nSPS) is 16.4. The van der Waals surface area contributed by atoms with Crippen molar-refractivity contribution in [2.45, 2.75) is 38.6 Å². The fraction of sp³-hybridized carbons (Fsp3) is 0.360. The van der Waals surface area contributed by atoms with E-state index in [0.717, 1.165) is 60.8 Å². The lowest BCUT2D eigenvalue weighted by Gasteiger charge is -2.32. The van der Waals surface area contributed by atoms with Crippen LogP contribution in [0.1, 0.15) is 30.5 Å². The maximum absolute atomic E-state index is 11.2. The number of pyridine rings is 1. The molecule has 2 aromatic heterocycles. The Hall–Kier alpha value is -3.68. The van der Waals surface area contributed by atoms with Crippen LogP contribution in [0.15, 0.2) is 48.5 Å². The molecule has 1 fully saturated rings. The lowest BCUT2D eigenvalue weighted by atomic mass is 10.0. The highest BCUT2D eigenvalue weighted by atomic mass is 16.4. The fourth-order valence-corrected chi connectivity index (χ4v) is 4.58. The van der Waals surface area contributed by atoms with Crippen LogP contribution in [0.3, 0.4) is 0 Å². The average molecular weight is 445 g/mol. The number of rotatable bonds is 4. The predicted molar refractivity (Wildman–Crippen MR) is 128 cm³/mol. The number of nitrogens with one attached hydrogen (secondary N) is 1. The van der Waals surface area contributed by atoms with Gasteiger partial charge in [0.25, 0.3) is 0 Å². The molecule has 1 aromatic carbocycles. The third-order valence-electron chi connectivity index (χ3n) is 6.32. The molecule has 0 bridgehead atoms. The maximum Gasteiger partial charge on any atom is 0.407 e. The zero-order valence-electron chi connectivity index (χ0n) is 18.7. The topological polar surface area (TPSA) is 94.5 Å². The van der Waals surface area contributed by atoms with E-state index in [1.807, 2.05) is 31.2 Å². The molecule has 2 aliphatic heterocycles. The van der Waals surface area contributed by atoms with Gasteiger partial charge < -0.3 is 20.2 Å². The molecule has 3 aromatic rings. The van der Waals surface area contributed by atoms with Gasteiger partial charge in [0.2, 0.25) is 5.95 Å². The summed E-state index contributed by atoms with van der Waals surface area (Å²) in [6.45, 7) is 3.88. The van der Waals surface area contributed by atoms with Crippen molar-refractivity contribution in [1.29, 1.82) is 0 Å². The molecule has 33 heavy (non-hydrogen) atoms. The molecular formula is C25H28N6O2. The second kappa shape index (κ2) is 9.05. The second-order valence-corrected chi connectivity index (χ2v) is 8.68. The van der Waals surface area contributed by atoms with Gasteiger partial charge >= 0.3 is 6.09 Å². The quantitative estimate of drug-likeness (QED) is 0.612. The lowest BCUT2D eigenvalue weighted by Crippen LogP contribution is -2.42. The highest BCUT2D eigenvalue weighted by Crippen LogP contribution is 2.33. The Kier molecular flexibility index (Phi) is 5.81. The van der Waals surface area contributed by atoms with E-state index in [4.69, 9.17) is 9.97 Å². The predicted octanol–water partition coefficient (Wildman–Crippen LogP) is 4.49. The molecule has 1 saturated heterocycles. The van der Waals surface area contributed by atoms with Gasteiger partial charge in [-0.25, -0.2) is 14.8 Å². The third kappa shape index (κ3) is 4.60. The smallest absolute Gasteiger partial charge is 0.407 e. The van der Waals surface area contributed by atoms with Crippen molar-refractivity contribution in [3.8, 4) is 11.3 Å². The Morgan fingerprint density at radius 2 is 1.82 bits per heavy atom. The first-order chi connectivity index (χ1) is 16.1. The number of hydrogen-bond acceptors (Lipinski definition) is 6. The standard InChI is InChI=1S/C25H28N6O2/c1-17-16-22(29-24(26-17)27-20-11-14-30(15-12-20)25(32)33)31-13-5-8-19-9-10-21(28-23(19)31)18-6-3-2-4-7-18/h2-4,6-7,9-10,16,20H,5,8,11-15H2,1H3,(H,32,33)(H,26,27,29). The second-order valence-electron chi connectivity index (χ2n) is 8.68. The lowest BCUT2D eigenvalue weighted by molar-refractivity contribution is 0.133. The van der Waals surface area contributed by atoms with E-state index in [1.54, 1.807) is 0 Å². The molecule has 2 N–H and O–H groups in total. The molecule has 4 heterocycles. The molecule has 170 valence electrons. The van der Waals surface area contributed by atoms with Crippen molar-refractivity contribution in [2.24, 2.45) is 0 Å². The molecule has 0 saturated carbocycles. The van der Waals surface area contributed by atoms with Gasteiger partial charge in [0.05, 0.1) is 5.69 Å². The molecule has 0 spiro atoms. The number of aromatic nitrogens is 3. The highest BCUT2D eigenvalue weighted by Gasteiger charge is 2.25. The van der Waals surface area contributed by atoms with E-state index in [0.29, 0.717) is 19.0 Å². The zero-order valence-corrected chi connectivity index (χ0v) is 18.7. The molecule has 5 rings (SSSR count). The van der Waals surface area contributed by atoms with Gasteiger partial charge in [0, 0.05) is 43.0 Å². The molecule has 8 nitrogen and oxygen atoms in total. The summed E-state index contributed by atoms with van der Waals surface area (Å²) in [7, 11) is 0. The molecule has 0 aliphatic carbocycles. The molecule has 0 radical (unpaired) electrons. The van der Waals surface area contributed by atoms with Gasteiger partial charge in [-0.2, -0.15) is 4.98 Å². The minimum absolute atomic E-state index is 0.159. The molecular weight excluding hydrogens is 416 g/mol. The first kappa shape index (κ1) is 21.2. The van der Waals surface area contributed by atoms with Crippen LogP contribution in [0.2, 0.25) is 0 Å². The molecule has 0 unspecified atom stereocenters. The number of anilines is 3. The number of nitrogens with zero attached hydrogens (tertiary/aromatic N) is 5. The highest BCUT2D eigenvalue weighted by molar-refractivity contribution is 5.68. The van der Waals surface area contributed by atoms with Crippen LogP contribution in [-0.2, 0) is 6.42 Å². The fourth-order valence-electron chi connectivity index (χ4n) is 4.58. The van der Waals surface area contributed by atoms with Gasteiger partial charge in [0.15, 0.2) is 0 Å². The third-order valence-corrected chi connectivity index (χ3v) is 6.32. The van der Waals surface area contributed by atoms with E-state index in [-0.39, 0.29) is 6.04 Å². The summed E-state index contributed by atoms with van der Waals surface area (Å²) in [5.41, 5.74) is 4.17. The van der Waals surface area contributed by atoms with Crippen LogP contribution in [0.5, 0.6) is 0 Å². The Morgan fingerprint density at radius 1 is 1.03 bits per heavy atom. The average Bonchev–Trinajstić information content (AvgIpc) is 2.84. The number of carboxylic acid groups (broad SMARTS) is 1. The van der Waals surface area contributed by atoms with Crippen LogP contribution in [0.4, 0.5) is 22.4 Å².